The van der Waals surface area contributed by atoms with Gasteiger partial charge in [-0.05, 0) is 18.8 Å². The third-order valence-corrected chi connectivity index (χ3v) is 3.39. The molecule has 0 unspecified atom stereocenters. The zero-order valence-corrected chi connectivity index (χ0v) is 12.0. The van der Waals surface area contributed by atoms with E-state index in [-0.39, 0.29) is 5.69 Å². The Labute approximate surface area is 118 Å². The van der Waals surface area contributed by atoms with Gasteiger partial charge in [0.2, 0.25) is 5.95 Å². The fraction of sp³-hybridized carbons (Fsp3) is 0.692. The van der Waals surface area contributed by atoms with Crippen LogP contribution in [0, 0.1) is 16.0 Å². The van der Waals surface area contributed by atoms with Gasteiger partial charge in [-0.2, -0.15) is 0 Å². The number of nitrogens with zero attached hydrogens (tertiary/aromatic N) is 4. The van der Waals surface area contributed by atoms with Crippen molar-refractivity contribution in [1.82, 2.24) is 14.9 Å². The first-order valence-corrected chi connectivity index (χ1v) is 7.00. The molecule has 7 nitrogen and oxygen atoms in total. The van der Waals surface area contributed by atoms with Crippen LogP contribution < -0.4 is 5.32 Å². The highest BCUT2D eigenvalue weighted by Gasteiger charge is 2.20. The molecule has 1 N–H and O–H groups in total. The quantitative estimate of drug-likeness (QED) is 0.654. The fourth-order valence-corrected chi connectivity index (χ4v) is 2.45. The van der Waals surface area contributed by atoms with Crippen molar-refractivity contribution < 1.29 is 4.92 Å². The number of hydrogen-bond donors (Lipinski definition) is 1. The molecule has 0 spiro atoms. The lowest BCUT2D eigenvalue weighted by Crippen LogP contribution is -2.40. The highest BCUT2D eigenvalue weighted by atomic mass is 16.6. The predicted molar refractivity (Wildman–Crippen MR) is 76.6 cm³/mol. The van der Waals surface area contributed by atoms with Crippen molar-refractivity contribution in [3.8, 4) is 0 Å². The van der Waals surface area contributed by atoms with Crippen LogP contribution in [-0.2, 0) is 0 Å². The molecule has 0 bridgehead atoms. The number of likely N-dealkylation sites (tertiary alicyclic amines) is 1. The smallest absolute Gasteiger partial charge is 0.305 e. The van der Waals surface area contributed by atoms with Crippen LogP contribution in [0.1, 0.15) is 26.7 Å². The Kier molecular flexibility index (Phi) is 4.84. The van der Waals surface area contributed by atoms with E-state index < -0.39 is 4.92 Å². The van der Waals surface area contributed by atoms with Crippen molar-refractivity contribution in [3.63, 3.8) is 0 Å². The van der Waals surface area contributed by atoms with Gasteiger partial charge in [0, 0.05) is 25.7 Å². The van der Waals surface area contributed by atoms with Gasteiger partial charge in [0.25, 0.3) is 0 Å². The molecule has 0 aromatic carbocycles. The van der Waals surface area contributed by atoms with E-state index in [0.29, 0.717) is 17.9 Å². The Balaban J connectivity index is 1.81. The zero-order chi connectivity index (χ0) is 14.5. The highest BCUT2D eigenvalue weighted by Crippen LogP contribution is 2.16. The van der Waals surface area contributed by atoms with Crippen LogP contribution >= 0.6 is 0 Å². The molecule has 2 rings (SSSR count). The van der Waals surface area contributed by atoms with Gasteiger partial charge in [-0.1, -0.05) is 13.8 Å². The van der Waals surface area contributed by atoms with Gasteiger partial charge >= 0.3 is 5.69 Å². The summed E-state index contributed by atoms with van der Waals surface area (Å²) >= 11 is 0. The maximum Gasteiger partial charge on any atom is 0.305 e. The van der Waals surface area contributed by atoms with E-state index in [9.17, 15) is 10.1 Å². The normalized spacial score (nSPS) is 17.4. The van der Waals surface area contributed by atoms with Crippen molar-refractivity contribution >= 4 is 11.6 Å². The number of nitrogens with one attached hydrogen (secondary N) is 1. The molecule has 1 fully saturated rings. The first kappa shape index (κ1) is 14.6. The lowest BCUT2D eigenvalue weighted by atomic mass is 10.0. The van der Waals surface area contributed by atoms with E-state index in [4.69, 9.17) is 0 Å². The molecule has 0 saturated carbocycles. The minimum atomic E-state index is -0.492. The number of piperidine rings is 1. The Hall–Kier alpha value is -1.76. The molecule has 1 aromatic rings. The first-order valence-electron chi connectivity index (χ1n) is 7.00. The fourth-order valence-electron chi connectivity index (χ4n) is 2.45. The molecule has 7 heteroatoms. The molecule has 0 radical (unpaired) electrons. The second-order valence-corrected chi connectivity index (χ2v) is 5.64. The Morgan fingerprint density at radius 3 is 2.50 bits per heavy atom. The van der Waals surface area contributed by atoms with Crippen LogP contribution in [0.3, 0.4) is 0 Å². The van der Waals surface area contributed by atoms with E-state index >= 15 is 0 Å². The average Bonchev–Trinajstić information content (AvgIpc) is 2.41. The van der Waals surface area contributed by atoms with E-state index in [2.05, 4.69) is 34.0 Å². The molecule has 1 aromatic heterocycles. The van der Waals surface area contributed by atoms with Crippen LogP contribution in [0.5, 0.6) is 0 Å². The summed E-state index contributed by atoms with van der Waals surface area (Å²) in [6.07, 6.45) is 4.58. The minimum Gasteiger partial charge on any atom is -0.351 e. The summed E-state index contributed by atoms with van der Waals surface area (Å²) in [6, 6.07) is 0.347. The van der Waals surface area contributed by atoms with E-state index in [0.717, 1.165) is 32.5 Å². The number of rotatable bonds is 5. The molecule has 2 heterocycles. The monoisotopic (exact) mass is 279 g/mol. The lowest BCUT2D eigenvalue weighted by Gasteiger charge is -2.33. The SMILES string of the molecule is CC(C)CN1CCC(Nc2ncc([N+](=O)[O-])cn2)CC1. The maximum absolute atomic E-state index is 10.5. The predicted octanol–water partition coefficient (Wildman–Crippen LogP) is 1.92. The van der Waals surface area contributed by atoms with Gasteiger partial charge < -0.3 is 10.2 Å². The van der Waals surface area contributed by atoms with Gasteiger partial charge in [0.05, 0.1) is 4.92 Å². The Bertz CT molecular complexity index is 441. The third kappa shape index (κ3) is 4.12. The number of nitro groups is 1. The van der Waals surface area contributed by atoms with E-state index in [1.165, 1.54) is 12.4 Å². The minimum absolute atomic E-state index is 0.0812. The summed E-state index contributed by atoms with van der Waals surface area (Å²) in [4.78, 5) is 20.5. The van der Waals surface area contributed by atoms with E-state index in [1.54, 1.807) is 0 Å². The molecular formula is C13H21N5O2. The average molecular weight is 279 g/mol. The first-order chi connectivity index (χ1) is 9.54. The maximum atomic E-state index is 10.5. The van der Waals surface area contributed by atoms with Crippen molar-refractivity contribution in [3.05, 3.63) is 22.5 Å². The largest absolute Gasteiger partial charge is 0.351 e. The summed E-state index contributed by atoms with van der Waals surface area (Å²) in [5, 5.41) is 13.8. The third-order valence-electron chi connectivity index (χ3n) is 3.39. The summed E-state index contributed by atoms with van der Waals surface area (Å²) in [7, 11) is 0. The molecule has 1 aliphatic rings. The molecule has 1 saturated heterocycles. The van der Waals surface area contributed by atoms with Crippen molar-refractivity contribution in [2.75, 3.05) is 25.0 Å². The second-order valence-electron chi connectivity index (χ2n) is 5.64. The molecule has 110 valence electrons. The van der Waals surface area contributed by atoms with Crippen LogP contribution in [-0.4, -0.2) is 45.5 Å². The molecule has 0 atom stereocenters. The standard InChI is InChI=1S/C13H21N5O2/c1-10(2)9-17-5-3-11(4-6-17)16-13-14-7-12(8-15-13)18(19)20/h7-8,10-11H,3-6,9H2,1-2H3,(H,14,15,16). The van der Waals surface area contributed by atoms with Gasteiger partial charge in [-0.25, -0.2) is 9.97 Å². The van der Waals surface area contributed by atoms with Crippen LogP contribution in [0.2, 0.25) is 0 Å². The molecule has 20 heavy (non-hydrogen) atoms. The Morgan fingerprint density at radius 2 is 2.00 bits per heavy atom. The molecule has 0 amide bonds. The zero-order valence-electron chi connectivity index (χ0n) is 12.0. The number of anilines is 1. The second kappa shape index (κ2) is 6.60. The Morgan fingerprint density at radius 1 is 1.40 bits per heavy atom. The highest BCUT2D eigenvalue weighted by molar-refractivity contribution is 5.31. The van der Waals surface area contributed by atoms with Gasteiger partial charge in [-0.15, -0.1) is 0 Å². The van der Waals surface area contributed by atoms with Gasteiger partial charge in [-0.3, -0.25) is 10.1 Å². The summed E-state index contributed by atoms with van der Waals surface area (Å²) in [5.41, 5.74) is -0.0812. The van der Waals surface area contributed by atoms with Crippen LogP contribution in [0.15, 0.2) is 12.4 Å². The van der Waals surface area contributed by atoms with Crippen molar-refractivity contribution in [1.29, 1.82) is 0 Å². The molecule has 1 aliphatic heterocycles. The van der Waals surface area contributed by atoms with Crippen LogP contribution in [0.25, 0.3) is 0 Å². The molecular weight excluding hydrogens is 258 g/mol. The summed E-state index contributed by atoms with van der Waals surface area (Å²) in [5.74, 6) is 1.16. The van der Waals surface area contributed by atoms with Crippen LogP contribution in [0.4, 0.5) is 11.6 Å². The van der Waals surface area contributed by atoms with Gasteiger partial charge in [0.15, 0.2) is 0 Å². The van der Waals surface area contributed by atoms with Crippen molar-refractivity contribution in [2.24, 2.45) is 5.92 Å². The van der Waals surface area contributed by atoms with Gasteiger partial charge in [0.1, 0.15) is 12.4 Å². The lowest BCUT2D eigenvalue weighted by molar-refractivity contribution is -0.385. The number of aromatic nitrogens is 2. The summed E-state index contributed by atoms with van der Waals surface area (Å²) < 4.78 is 0. The topological polar surface area (TPSA) is 84.2 Å². The van der Waals surface area contributed by atoms with Crippen molar-refractivity contribution in [2.45, 2.75) is 32.7 Å². The molecule has 0 aliphatic carbocycles. The summed E-state index contributed by atoms with van der Waals surface area (Å²) in [6.45, 7) is 7.75. The van der Waals surface area contributed by atoms with E-state index in [1.807, 2.05) is 0 Å². The number of hydrogen-bond acceptors (Lipinski definition) is 6.